The molecule has 6 nitrogen and oxygen atoms in total. The summed E-state index contributed by atoms with van der Waals surface area (Å²) < 4.78 is 1.54. The second-order valence-electron chi connectivity index (χ2n) is 7.27. The van der Waals surface area contributed by atoms with Crippen molar-refractivity contribution in [1.29, 1.82) is 0 Å². The van der Waals surface area contributed by atoms with Gasteiger partial charge in [0, 0.05) is 0 Å². The van der Waals surface area contributed by atoms with Crippen LogP contribution in [0.4, 0.5) is 0 Å². The summed E-state index contributed by atoms with van der Waals surface area (Å²) in [6.45, 7) is 1.91. The van der Waals surface area contributed by atoms with E-state index in [-0.39, 0.29) is 17.2 Å². The Bertz CT molecular complexity index is 1380. The number of amides is 1. The molecule has 0 saturated heterocycles. The van der Waals surface area contributed by atoms with Crippen LogP contribution in [0, 0.1) is 0 Å². The van der Waals surface area contributed by atoms with Crippen LogP contribution in [0.2, 0.25) is 0 Å². The summed E-state index contributed by atoms with van der Waals surface area (Å²) in [5.74, 6) is -0.220. The molecule has 1 aromatic heterocycles. The lowest BCUT2D eigenvalue weighted by Gasteiger charge is -2.12. The Balaban J connectivity index is 1.49. The summed E-state index contributed by atoms with van der Waals surface area (Å²) in [7, 11) is 0. The van der Waals surface area contributed by atoms with Gasteiger partial charge in [0.05, 0.1) is 28.6 Å². The quantitative estimate of drug-likeness (QED) is 0.190. The Morgan fingerprint density at radius 1 is 1.00 bits per heavy atom. The molecule has 0 unspecified atom stereocenters. The minimum absolute atomic E-state index is 0.0659. The Kier molecular flexibility index (Phi) is 7.12. The fraction of sp³-hybridized carbons (Fsp3) is 0.0769. The molecule has 1 heterocycles. The van der Waals surface area contributed by atoms with Gasteiger partial charge in [0.1, 0.15) is 0 Å². The van der Waals surface area contributed by atoms with Crippen molar-refractivity contribution in [2.75, 3.05) is 5.75 Å². The number of carbonyl (C=O) groups excluding carboxylic acids is 1. The summed E-state index contributed by atoms with van der Waals surface area (Å²) >= 11 is 1.19. The van der Waals surface area contributed by atoms with Gasteiger partial charge in [-0.1, -0.05) is 78.5 Å². The van der Waals surface area contributed by atoms with Crippen molar-refractivity contribution in [3.05, 3.63) is 106 Å². The molecule has 0 atom stereocenters. The van der Waals surface area contributed by atoms with Crippen molar-refractivity contribution >= 4 is 40.9 Å². The van der Waals surface area contributed by atoms with Gasteiger partial charge < -0.3 is 0 Å². The predicted molar refractivity (Wildman–Crippen MR) is 135 cm³/mol. The highest BCUT2D eigenvalue weighted by molar-refractivity contribution is 7.99. The number of hydrogen-bond acceptors (Lipinski definition) is 5. The summed E-state index contributed by atoms with van der Waals surface area (Å²) in [4.78, 5) is 30.2. The minimum Gasteiger partial charge on any atom is -0.272 e. The molecule has 1 N–H and O–H groups in total. The number of rotatable bonds is 7. The standard InChI is InChI=1S/C26H22N4O2S/c1-19(16-20-10-4-2-5-11-20)17-27-29-24(31)18-33-26-28-23-15-9-8-14-22(23)25(32)30(26)21-12-6-3-7-13-21/h2-17H,18H2,1H3,(H,29,31)/b19-16+,27-17+. The highest BCUT2D eigenvalue weighted by Crippen LogP contribution is 2.21. The van der Waals surface area contributed by atoms with E-state index in [1.165, 1.54) is 16.3 Å². The molecule has 0 spiro atoms. The van der Waals surface area contributed by atoms with Gasteiger partial charge in [0.15, 0.2) is 5.16 Å². The smallest absolute Gasteiger partial charge is 0.266 e. The number of allylic oxidation sites excluding steroid dienone is 1. The SMILES string of the molecule is CC(/C=N/NC(=O)CSc1nc2ccccc2c(=O)n1-c1ccccc1)=C\c1ccccc1. The largest absolute Gasteiger partial charge is 0.272 e. The molecule has 164 valence electrons. The van der Waals surface area contributed by atoms with Crippen molar-refractivity contribution < 1.29 is 4.79 Å². The first-order valence-electron chi connectivity index (χ1n) is 10.4. The molecule has 33 heavy (non-hydrogen) atoms. The number of nitrogens with one attached hydrogen (secondary N) is 1. The predicted octanol–water partition coefficient (Wildman–Crippen LogP) is 4.68. The number of nitrogens with zero attached hydrogens (tertiary/aromatic N) is 3. The number of benzene rings is 3. The van der Waals surface area contributed by atoms with E-state index in [1.54, 1.807) is 18.3 Å². The van der Waals surface area contributed by atoms with Crippen LogP contribution in [0.3, 0.4) is 0 Å². The maximum atomic E-state index is 13.2. The summed E-state index contributed by atoms with van der Waals surface area (Å²) in [6.07, 6.45) is 3.58. The average molecular weight is 455 g/mol. The van der Waals surface area contributed by atoms with Crippen LogP contribution in [-0.2, 0) is 4.79 Å². The third-order valence-corrected chi connectivity index (χ3v) is 5.68. The zero-order valence-electron chi connectivity index (χ0n) is 18.0. The van der Waals surface area contributed by atoms with Crippen LogP contribution < -0.4 is 11.0 Å². The molecular formula is C26H22N4O2S. The van der Waals surface area contributed by atoms with E-state index in [1.807, 2.05) is 85.8 Å². The molecule has 3 aromatic carbocycles. The molecule has 0 fully saturated rings. The molecule has 7 heteroatoms. The Labute approximate surface area is 195 Å². The Morgan fingerprint density at radius 3 is 2.42 bits per heavy atom. The molecule has 0 aliphatic carbocycles. The lowest BCUT2D eigenvalue weighted by Crippen LogP contribution is -2.24. The second kappa shape index (κ2) is 10.6. The van der Waals surface area contributed by atoms with E-state index < -0.39 is 0 Å². The third kappa shape index (κ3) is 5.64. The first-order chi connectivity index (χ1) is 16.1. The van der Waals surface area contributed by atoms with Crippen molar-refractivity contribution in [3.8, 4) is 5.69 Å². The van der Waals surface area contributed by atoms with Gasteiger partial charge in [-0.25, -0.2) is 10.4 Å². The molecule has 1 amide bonds. The summed E-state index contributed by atoms with van der Waals surface area (Å²) in [5.41, 5.74) is 5.62. The van der Waals surface area contributed by atoms with E-state index in [9.17, 15) is 9.59 Å². The first-order valence-corrected chi connectivity index (χ1v) is 11.4. The summed E-state index contributed by atoms with van der Waals surface area (Å²) in [6, 6.07) is 26.4. The molecule has 0 aliphatic heterocycles. The highest BCUT2D eigenvalue weighted by Gasteiger charge is 2.14. The molecule has 0 aliphatic rings. The molecule has 4 aromatic rings. The Morgan fingerprint density at radius 2 is 1.67 bits per heavy atom. The number of fused-ring (bicyclic) bond motifs is 1. The fourth-order valence-corrected chi connectivity index (χ4v) is 4.04. The zero-order chi connectivity index (χ0) is 23.0. The van der Waals surface area contributed by atoms with Gasteiger partial charge in [0.25, 0.3) is 11.5 Å². The van der Waals surface area contributed by atoms with Gasteiger partial charge >= 0.3 is 0 Å². The lowest BCUT2D eigenvalue weighted by atomic mass is 10.1. The van der Waals surface area contributed by atoms with Crippen molar-refractivity contribution in [2.45, 2.75) is 12.1 Å². The van der Waals surface area contributed by atoms with Crippen molar-refractivity contribution in [2.24, 2.45) is 5.10 Å². The fourth-order valence-electron chi connectivity index (χ4n) is 3.23. The van der Waals surface area contributed by atoms with Gasteiger partial charge in [-0.2, -0.15) is 5.10 Å². The molecule has 0 radical (unpaired) electrons. The molecule has 4 rings (SSSR count). The normalized spacial score (nSPS) is 11.7. The zero-order valence-corrected chi connectivity index (χ0v) is 18.8. The topological polar surface area (TPSA) is 76.3 Å². The van der Waals surface area contributed by atoms with Crippen molar-refractivity contribution in [3.63, 3.8) is 0 Å². The molecule has 0 bridgehead atoms. The van der Waals surface area contributed by atoms with E-state index in [0.717, 1.165) is 11.1 Å². The van der Waals surface area contributed by atoms with Crippen LogP contribution in [0.1, 0.15) is 12.5 Å². The lowest BCUT2D eigenvalue weighted by molar-refractivity contribution is -0.118. The van der Waals surface area contributed by atoms with E-state index in [0.29, 0.717) is 21.7 Å². The van der Waals surface area contributed by atoms with E-state index >= 15 is 0 Å². The first kappa shape index (κ1) is 22.2. The maximum Gasteiger partial charge on any atom is 0.266 e. The van der Waals surface area contributed by atoms with Crippen LogP contribution in [0.25, 0.3) is 22.7 Å². The second-order valence-corrected chi connectivity index (χ2v) is 8.21. The number of hydrogen-bond donors (Lipinski definition) is 1. The minimum atomic E-state index is -0.286. The van der Waals surface area contributed by atoms with Crippen LogP contribution >= 0.6 is 11.8 Å². The van der Waals surface area contributed by atoms with Gasteiger partial charge in [-0.3, -0.25) is 14.2 Å². The van der Waals surface area contributed by atoms with E-state index in [4.69, 9.17) is 0 Å². The average Bonchev–Trinajstić information content (AvgIpc) is 2.84. The van der Waals surface area contributed by atoms with Gasteiger partial charge in [0.2, 0.25) is 0 Å². The number of hydrazone groups is 1. The number of thioether (sulfide) groups is 1. The van der Waals surface area contributed by atoms with Gasteiger partial charge in [-0.15, -0.1) is 0 Å². The molecule has 0 saturated carbocycles. The van der Waals surface area contributed by atoms with Crippen LogP contribution in [0.5, 0.6) is 0 Å². The van der Waals surface area contributed by atoms with Crippen molar-refractivity contribution in [1.82, 2.24) is 15.0 Å². The number of carbonyl (C=O) groups is 1. The third-order valence-electron chi connectivity index (χ3n) is 4.74. The monoisotopic (exact) mass is 454 g/mol. The molecular weight excluding hydrogens is 432 g/mol. The Hall–Kier alpha value is -3.97. The summed E-state index contributed by atoms with van der Waals surface area (Å²) in [5, 5.41) is 5.01. The van der Waals surface area contributed by atoms with Crippen LogP contribution in [0.15, 0.2) is 106 Å². The number of para-hydroxylation sites is 2. The van der Waals surface area contributed by atoms with Gasteiger partial charge in [-0.05, 0) is 42.3 Å². The maximum absolute atomic E-state index is 13.2. The van der Waals surface area contributed by atoms with E-state index in [2.05, 4.69) is 15.5 Å². The number of aromatic nitrogens is 2. The highest BCUT2D eigenvalue weighted by atomic mass is 32.2. The van der Waals surface area contributed by atoms with Crippen LogP contribution in [-0.4, -0.2) is 27.4 Å².